The van der Waals surface area contributed by atoms with Crippen molar-refractivity contribution in [2.75, 3.05) is 0 Å². The molecule has 0 aromatic heterocycles. The van der Waals surface area contributed by atoms with Crippen LogP contribution >= 0.6 is 0 Å². The molecule has 0 amide bonds. The minimum atomic E-state index is -0.128. The third-order valence-electron chi connectivity index (χ3n) is 5.55. The minimum Gasteiger partial charge on any atom is -0.393 e. The summed E-state index contributed by atoms with van der Waals surface area (Å²) < 4.78 is 0. The monoisotopic (exact) mass is 208 g/mol. The number of allylic oxidation sites excluding steroid dienone is 2. The lowest BCUT2D eigenvalue weighted by atomic mass is 9.49. The van der Waals surface area contributed by atoms with Gasteiger partial charge < -0.3 is 5.11 Å². The standard InChI is InChI=1S/C14H24O/c1-10-13(2,3)12(15)9-11-7-5-6-8-14(10,11)4/h5-6,10-12,15H,7-9H2,1-4H3. The quantitative estimate of drug-likeness (QED) is 0.605. The molecular formula is C14H24O. The fraction of sp³-hybridized carbons (Fsp3) is 0.857. The number of aliphatic hydroxyl groups excluding tert-OH is 1. The van der Waals surface area contributed by atoms with Crippen molar-refractivity contribution in [3.05, 3.63) is 12.2 Å². The van der Waals surface area contributed by atoms with Gasteiger partial charge in [-0.25, -0.2) is 0 Å². The lowest BCUT2D eigenvalue weighted by Crippen LogP contribution is -2.53. The molecule has 1 fully saturated rings. The molecular weight excluding hydrogens is 184 g/mol. The summed E-state index contributed by atoms with van der Waals surface area (Å²) in [4.78, 5) is 0. The maximum atomic E-state index is 10.2. The van der Waals surface area contributed by atoms with Gasteiger partial charge in [-0.2, -0.15) is 0 Å². The second-order valence-electron chi connectivity index (χ2n) is 6.41. The summed E-state index contributed by atoms with van der Waals surface area (Å²) in [6, 6.07) is 0. The van der Waals surface area contributed by atoms with Crippen LogP contribution in [0.15, 0.2) is 12.2 Å². The Hall–Kier alpha value is -0.300. The number of rotatable bonds is 0. The predicted octanol–water partition coefficient (Wildman–Crippen LogP) is 3.39. The molecule has 4 unspecified atom stereocenters. The highest BCUT2D eigenvalue weighted by Gasteiger charge is 2.53. The second-order valence-corrected chi connectivity index (χ2v) is 6.41. The SMILES string of the molecule is CC1C(C)(C)C(O)CC2CC=CCC21C. The molecule has 2 aliphatic rings. The molecule has 0 aromatic carbocycles. The third-order valence-corrected chi connectivity index (χ3v) is 5.55. The van der Waals surface area contributed by atoms with Crippen LogP contribution in [-0.2, 0) is 0 Å². The van der Waals surface area contributed by atoms with Gasteiger partial charge >= 0.3 is 0 Å². The van der Waals surface area contributed by atoms with Crippen molar-refractivity contribution in [3.8, 4) is 0 Å². The summed E-state index contributed by atoms with van der Waals surface area (Å²) in [5, 5.41) is 10.2. The van der Waals surface area contributed by atoms with Crippen molar-refractivity contribution in [2.24, 2.45) is 22.7 Å². The molecule has 0 aliphatic heterocycles. The van der Waals surface area contributed by atoms with Crippen molar-refractivity contribution < 1.29 is 5.11 Å². The first kappa shape index (κ1) is 11.2. The van der Waals surface area contributed by atoms with Gasteiger partial charge in [-0.15, -0.1) is 0 Å². The van der Waals surface area contributed by atoms with E-state index in [0.717, 1.165) is 12.8 Å². The van der Waals surface area contributed by atoms with Crippen LogP contribution in [0.5, 0.6) is 0 Å². The zero-order valence-electron chi connectivity index (χ0n) is 10.5. The van der Waals surface area contributed by atoms with Gasteiger partial charge in [0.1, 0.15) is 0 Å². The first-order valence-corrected chi connectivity index (χ1v) is 6.22. The Morgan fingerprint density at radius 1 is 1.20 bits per heavy atom. The highest BCUT2D eigenvalue weighted by molar-refractivity contribution is 5.09. The lowest BCUT2D eigenvalue weighted by molar-refractivity contribution is -0.122. The number of hydrogen-bond acceptors (Lipinski definition) is 1. The smallest absolute Gasteiger partial charge is 0.0596 e. The molecule has 4 atom stereocenters. The van der Waals surface area contributed by atoms with Crippen LogP contribution in [0, 0.1) is 22.7 Å². The molecule has 86 valence electrons. The van der Waals surface area contributed by atoms with Gasteiger partial charge in [0.25, 0.3) is 0 Å². The van der Waals surface area contributed by atoms with Crippen molar-refractivity contribution in [3.63, 3.8) is 0 Å². The fourth-order valence-corrected chi connectivity index (χ4v) is 3.64. The molecule has 1 saturated carbocycles. The summed E-state index contributed by atoms with van der Waals surface area (Å²) in [5.74, 6) is 1.27. The maximum absolute atomic E-state index is 10.2. The summed E-state index contributed by atoms with van der Waals surface area (Å²) in [7, 11) is 0. The van der Waals surface area contributed by atoms with Gasteiger partial charge in [0.2, 0.25) is 0 Å². The van der Waals surface area contributed by atoms with E-state index in [4.69, 9.17) is 0 Å². The van der Waals surface area contributed by atoms with Crippen LogP contribution in [-0.4, -0.2) is 11.2 Å². The molecule has 2 aliphatic carbocycles. The van der Waals surface area contributed by atoms with Crippen molar-refractivity contribution in [1.29, 1.82) is 0 Å². The molecule has 0 aromatic rings. The Balaban J connectivity index is 2.34. The van der Waals surface area contributed by atoms with Gasteiger partial charge in [-0.05, 0) is 41.9 Å². The van der Waals surface area contributed by atoms with E-state index in [1.54, 1.807) is 0 Å². The highest BCUT2D eigenvalue weighted by Crippen LogP contribution is 2.57. The summed E-state index contributed by atoms with van der Waals surface area (Å²) in [5.41, 5.74) is 0.466. The van der Waals surface area contributed by atoms with Crippen LogP contribution in [0.3, 0.4) is 0 Å². The lowest BCUT2D eigenvalue weighted by Gasteiger charge is -2.57. The van der Waals surface area contributed by atoms with Gasteiger partial charge in [-0.3, -0.25) is 0 Å². The fourth-order valence-electron chi connectivity index (χ4n) is 3.64. The maximum Gasteiger partial charge on any atom is 0.0596 e. The number of fused-ring (bicyclic) bond motifs is 1. The molecule has 0 heterocycles. The third kappa shape index (κ3) is 1.47. The van der Waals surface area contributed by atoms with Gasteiger partial charge in [0.15, 0.2) is 0 Å². The van der Waals surface area contributed by atoms with Crippen LogP contribution in [0.4, 0.5) is 0 Å². The van der Waals surface area contributed by atoms with E-state index in [-0.39, 0.29) is 11.5 Å². The van der Waals surface area contributed by atoms with Crippen LogP contribution in [0.2, 0.25) is 0 Å². The Morgan fingerprint density at radius 3 is 2.53 bits per heavy atom. The normalized spacial score (nSPS) is 48.7. The summed E-state index contributed by atoms with van der Waals surface area (Å²) in [6.45, 7) is 9.19. The van der Waals surface area contributed by atoms with E-state index >= 15 is 0 Å². The zero-order valence-corrected chi connectivity index (χ0v) is 10.5. The van der Waals surface area contributed by atoms with E-state index in [1.165, 1.54) is 6.42 Å². The van der Waals surface area contributed by atoms with Gasteiger partial charge in [0, 0.05) is 0 Å². The Bertz CT molecular complexity index is 279. The zero-order chi connectivity index (χ0) is 11.3. The Labute approximate surface area is 93.6 Å². The van der Waals surface area contributed by atoms with Crippen LogP contribution in [0.1, 0.15) is 47.0 Å². The summed E-state index contributed by atoms with van der Waals surface area (Å²) in [6.07, 6.45) is 7.84. The second kappa shape index (κ2) is 3.35. The molecule has 0 radical (unpaired) electrons. The van der Waals surface area contributed by atoms with Crippen LogP contribution < -0.4 is 0 Å². The Kier molecular flexibility index (Phi) is 2.50. The minimum absolute atomic E-state index is 0.0659. The molecule has 1 heteroatoms. The topological polar surface area (TPSA) is 20.2 Å². The van der Waals surface area contributed by atoms with E-state index in [9.17, 15) is 5.11 Å². The molecule has 0 bridgehead atoms. The molecule has 0 spiro atoms. The Morgan fingerprint density at radius 2 is 1.87 bits per heavy atom. The molecule has 1 N–H and O–H groups in total. The van der Waals surface area contributed by atoms with E-state index < -0.39 is 0 Å². The average molecular weight is 208 g/mol. The van der Waals surface area contributed by atoms with Crippen LogP contribution in [0.25, 0.3) is 0 Å². The van der Waals surface area contributed by atoms with Crippen molar-refractivity contribution >= 4 is 0 Å². The van der Waals surface area contributed by atoms with E-state index in [0.29, 0.717) is 17.3 Å². The highest BCUT2D eigenvalue weighted by atomic mass is 16.3. The first-order valence-electron chi connectivity index (χ1n) is 6.22. The number of hydrogen-bond donors (Lipinski definition) is 1. The largest absolute Gasteiger partial charge is 0.393 e. The predicted molar refractivity (Wildman–Crippen MR) is 63.5 cm³/mol. The van der Waals surface area contributed by atoms with Crippen molar-refractivity contribution in [1.82, 2.24) is 0 Å². The van der Waals surface area contributed by atoms with Gasteiger partial charge in [0.05, 0.1) is 6.10 Å². The van der Waals surface area contributed by atoms with E-state index in [2.05, 4.69) is 39.8 Å². The number of aliphatic hydroxyl groups is 1. The molecule has 15 heavy (non-hydrogen) atoms. The summed E-state index contributed by atoms with van der Waals surface area (Å²) >= 11 is 0. The van der Waals surface area contributed by atoms with Crippen molar-refractivity contribution in [2.45, 2.75) is 53.1 Å². The first-order chi connectivity index (χ1) is 6.89. The van der Waals surface area contributed by atoms with E-state index in [1.807, 2.05) is 0 Å². The molecule has 1 nitrogen and oxygen atoms in total. The molecule has 0 saturated heterocycles. The van der Waals surface area contributed by atoms with Gasteiger partial charge in [-0.1, -0.05) is 39.8 Å². The average Bonchev–Trinajstić information content (AvgIpc) is 2.18. The molecule has 2 rings (SSSR count).